The summed E-state index contributed by atoms with van der Waals surface area (Å²) >= 11 is 6.34. The van der Waals surface area contributed by atoms with E-state index in [1.807, 2.05) is 30.3 Å². The molecule has 1 aliphatic heterocycles. The largest absolute Gasteiger partial charge is 0.491 e. The van der Waals surface area contributed by atoms with E-state index in [2.05, 4.69) is 16.6 Å². The number of halogens is 1. The van der Waals surface area contributed by atoms with E-state index in [1.165, 1.54) is 0 Å². The predicted molar refractivity (Wildman–Crippen MR) is 149 cm³/mol. The summed E-state index contributed by atoms with van der Waals surface area (Å²) in [6.45, 7) is 2.62. The van der Waals surface area contributed by atoms with Crippen LogP contribution in [0.4, 0.5) is 10.5 Å². The number of urea groups is 1. The van der Waals surface area contributed by atoms with Crippen molar-refractivity contribution in [2.75, 3.05) is 25.6 Å². The van der Waals surface area contributed by atoms with Crippen LogP contribution in [0.3, 0.4) is 0 Å². The molecule has 1 saturated heterocycles. The van der Waals surface area contributed by atoms with Crippen molar-refractivity contribution in [3.8, 4) is 18.1 Å². The molecule has 1 aliphatic rings. The molecular formula is C30H28ClN3O5. The molecule has 0 saturated carbocycles. The third-order valence-electron chi connectivity index (χ3n) is 6.48. The maximum absolute atomic E-state index is 13.7. The Morgan fingerprint density at radius 1 is 1.10 bits per heavy atom. The van der Waals surface area contributed by atoms with Gasteiger partial charge < -0.3 is 20.1 Å². The molecule has 9 heteroatoms. The number of methoxy groups -OCH3 is 1. The Kier molecular flexibility index (Phi) is 8.87. The van der Waals surface area contributed by atoms with E-state index in [4.69, 9.17) is 27.5 Å². The number of carbonyl (C=O) groups excluding carboxylic acids is 3. The topological polar surface area (TPSA) is 97.0 Å². The molecule has 0 radical (unpaired) electrons. The Balaban J connectivity index is 1.62. The minimum Gasteiger partial charge on any atom is -0.491 e. The van der Waals surface area contributed by atoms with Crippen molar-refractivity contribution in [3.05, 3.63) is 94.5 Å². The zero-order valence-corrected chi connectivity index (χ0v) is 22.3. The Hall–Kier alpha value is -4.32. The molecule has 0 aromatic heterocycles. The van der Waals surface area contributed by atoms with Gasteiger partial charge in [-0.15, -0.1) is 6.42 Å². The number of rotatable bonds is 10. The lowest BCUT2D eigenvalue weighted by molar-refractivity contribution is -0.134. The number of benzene rings is 3. The Labute approximate surface area is 232 Å². The molecule has 3 aromatic carbocycles. The minimum absolute atomic E-state index is 0.243. The zero-order chi connectivity index (χ0) is 27.9. The third kappa shape index (κ3) is 6.23. The van der Waals surface area contributed by atoms with E-state index < -0.39 is 35.8 Å². The van der Waals surface area contributed by atoms with Gasteiger partial charge in [-0.3, -0.25) is 9.59 Å². The second-order valence-corrected chi connectivity index (χ2v) is 9.38. The van der Waals surface area contributed by atoms with E-state index in [0.29, 0.717) is 35.8 Å². The lowest BCUT2D eigenvalue weighted by Crippen LogP contribution is -2.50. The molecule has 0 aliphatic carbocycles. The van der Waals surface area contributed by atoms with Crippen molar-refractivity contribution < 1.29 is 23.9 Å². The summed E-state index contributed by atoms with van der Waals surface area (Å²) in [5, 5.41) is 5.74. The van der Waals surface area contributed by atoms with Crippen molar-refractivity contribution in [1.29, 1.82) is 0 Å². The first kappa shape index (κ1) is 27.7. The number of amides is 4. The summed E-state index contributed by atoms with van der Waals surface area (Å²) < 4.78 is 10.6. The fourth-order valence-electron chi connectivity index (χ4n) is 4.40. The third-order valence-corrected chi connectivity index (χ3v) is 6.79. The van der Waals surface area contributed by atoms with Crippen LogP contribution in [0, 0.1) is 12.3 Å². The summed E-state index contributed by atoms with van der Waals surface area (Å²) in [6.07, 6.45) is 5.44. The van der Waals surface area contributed by atoms with E-state index >= 15 is 0 Å². The highest BCUT2D eigenvalue weighted by molar-refractivity contribution is 6.34. The maximum Gasteiger partial charge on any atom is 0.325 e. The Bertz CT molecular complexity index is 1390. The summed E-state index contributed by atoms with van der Waals surface area (Å²) in [5.41, 5.74) is 2.22. The van der Waals surface area contributed by atoms with Gasteiger partial charge in [0.1, 0.15) is 24.4 Å². The first-order valence-corrected chi connectivity index (χ1v) is 12.7. The molecule has 0 bridgehead atoms. The van der Waals surface area contributed by atoms with Gasteiger partial charge in [0, 0.05) is 18.6 Å². The first-order valence-electron chi connectivity index (χ1n) is 12.3. The second kappa shape index (κ2) is 12.5. The van der Waals surface area contributed by atoms with Crippen LogP contribution in [0.25, 0.3) is 0 Å². The highest BCUT2D eigenvalue weighted by atomic mass is 35.5. The van der Waals surface area contributed by atoms with E-state index in [-0.39, 0.29) is 5.02 Å². The molecule has 8 nitrogen and oxygen atoms in total. The van der Waals surface area contributed by atoms with E-state index in [0.717, 1.165) is 10.5 Å². The molecule has 39 heavy (non-hydrogen) atoms. The molecule has 2 N–H and O–H groups in total. The number of hydrogen-bond acceptors (Lipinski definition) is 5. The van der Waals surface area contributed by atoms with Gasteiger partial charge in [0.25, 0.3) is 5.91 Å². The van der Waals surface area contributed by atoms with Crippen LogP contribution < -0.4 is 15.4 Å². The van der Waals surface area contributed by atoms with Crippen LogP contribution in [0.15, 0.2) is 72.8 Å². The number of hydrogen-bond donors (Lipinski definition) is 2. The number of nitrogens with one attached hydrogen (secondary N) is 2. The maximum atomic E-state index is 13.7. The van der Waals surface area contributed by atoms with Crippen LogP contribution in [-0.2, 0) is 14.3 Å². The number of carbonyl (C=O) groups is 3. The van der Waals surface area contributed by atoms with Crippen molar-refractivity contribution in [2.24, 2.45) is 0 Å². The minimum atomic E-state index is -1.16. The molecule has 4 amide bonds. The fraction of sp³-hybridized carbons (Fsp3) is 0.233. The molecule has 3 aromatic rings. The summed E-state index contributed by atoms with van der Waals surface area (Å²) in [6, 6.07) is 18.1. The Morgan fingerprint density at radius 3 is 2.46 bits per heavy atom. The highest BCUT2D eigenvalue weighted by Crippen LogP contribution is 2.32. The second-order valence-electron chi connectivity index (χ2n) is 8.97. The van der Waals surface area contributed by atoms with Crippen LogP contribution in [-0.4, -0.2) is 49.1 Å². The number of terminal acetylenes is 1. The normalized spacial score (nSPS) is 16.3. The number of ether oxygens (including phenoxy) is 2. The molecule has 1 heterocycles. The SMILES string of the molecule is C#Cc1ccc(NC(=O)[C@H]([C@@H](C)c2ccccc2)N2C(=O)N[C@H](c3ccc(OCCOC)cc3)C2=O)c(Cl)c1. The zero-order valence-electron chi connectivity index (χ0n) is 21.5. The molecule has 1 fully saturated rings. The summed E-state index contributed by atoms with van der Waals surface area (Å²) in [4.78, 5) is 41.6. The van der Waals surface area contributed by atoms with E-state index in [1.54, 1.807) is 56.5 Å². The van der Waals surface area contributed by atoms with Gasteiger partial charge in [0.2, 0.25) is 5.91 Å². The molecule has 0 spiro atoms. The van der Waals surface area contributed by atoms with Crippen LogP contribution in [0.1, 0.15) is 35.6 Å². The standard InChI is InChI=1S/C30H28ClN3O5/c1-4-20-10-15-25(24(31)18-20)32-28(35)27(19(2)21-8-6-5-7-9-21)34-29(36)26(33-30(34)37)22-11-13-23(14-12-22)39-17-16-38-3/h1,5-15,18-19,26-27H,16-17H2,2-3H3,(H,32,35)(H,33,37)/t19-,26+,27-/m0/s1. The van der Waals surface area contributed by atoms with Crippen LogP contribution >= 0.6 is 11.6 Å². The molecule has 0 unspecified atom stereocenters. The highest BCUT2D eigenvalue weighted by Gasteiger charge is 2.47. The lowest BCUT2D eigenvalue weighted by atomic mass is 9.91. The van der Waals surface area contributed by atoms with Gasteiger partial charge in [-0.1, -0.05) is 66.9 Å². The van der Waals surface area contributed by atoms with Gasteiger partial charge in [-0.25, -0.2) is 9.69 Å². The van der Waals surface area contributed by atoms with E-state index in [9.17, 15) is 14.4 Å². The molecule has 4 rings (SSSR count). The number of anilines is 1. The fourth-order valence-corrected chi connectivity index (χ4v) is 4.63. The van der Waals surface area contributed by atoms with Gasteiger partial charge >= 0.3 is 6.03 Å². The summed E-state index contributed by atoms with van der Waals surface area (Å²) in [5.74, 6) is 1.46. The van der Waals surface area contributed by atoms with Crippen molar-refractivity contribution in [3.63, 3.8) is 0 Å². The predicted octanol–water partition coefficient (Wildman–Crippen LogP) is 4.75. The van der Waals surface area contributed by atoms with Gasteiger partial charge in [-0.2, -0.15) is 0 Å². The van der Waals surface area contributed by atoms with Gasteiger partial charge in [0.15, 0.2) is 0 Å². The average molecular weight is 546 g/mol. The lowest BCUT2D eigenvalue weighted by Gasteiger charge is -2.30. The molecule has 200 valence electrons. The molecular weight excluding hydrogens is 518 g/mol. The van der Waals surface area contributed by atoms with Crippen molar-refractivity contribution in [1.82, 2.24) is 10.2 Å². The van der Waals surface area contributed by atoms with Crippen LogP contribution in [0.2, 0.25) is 5.02 Å². The summed E-state index contributed by atoms with van der Waals surface area (Å²) in [7, 11) is 1.59. The van der Waals surface area contributed by atoms with Crippen molar-refractivity contribution in [2.45, 2.75) is 24.9 Å². The van der Waals surface area contributed by atoms with Gasteiger partial charge in [-0.05, 0) is 41.5 Å². The quantitative estimate of drug-likeness (QED) is 0.218. The van der Waals surface area contributed by atoms with Crippen LogP contribution in [0.5, 0.6) is 5.75 Å². The van der Waals surface area contributed by atoms with Crippen molar-refractivity contribution >= 4 is 35.1 Å². The number of imide groups is 1. The first-order chi connectivity index (χ1) is 18.8. The Morgan fingerprint density at radius 2 is 1.82 bits per heavy atom. The number of nitrogens with zero attached hydrogens (tertiary/aromatic N) is 1. The smallest absolute Gasteiger partial charge is 0.325 e. The average Bonchev–Trinajstić information content (AvgIpc) is 3.24. The molecule has 3 atom stereocenters. The van der Waals surface area contributed by atoms with Gasteiger partial charge in [0.05, 0.1) is 17.3 Å². The monoisotopic (exact) mass is 545 g/mol.